The number of ether oxygens (including phenoxy) is 1. The highest BCUT2D eigenvalue weighted by molar-refractivity contribution is 6.04. The zero-order chi connectivity index (χ0) is 16.3. The van der Waals surface area contributed by atoms with Crippen molar-refractivity contribution in [1.29, 1.82) is 0 Å². The average molecular weight is 320 g/mol. The van der Waals surface area contributed by atoms with Gasteiger partial charge in [0.2, 0.25) is 0 Å². The molecule has 4 aliphatic heterocycles. The summed E-state index contributed by atoms with van der Waals surface area (Å²) >= 11 is 0. The Morgan fingerprint density at radius 3 is 3.12 bits per heavy atom. The van der Waals surface area contributed by atoms with E-state index in [1.165, 1.54) is 5.70 Å². The van der Waals surface area contributed by atoms with E-state index >= 15 is 0 Å². The Hall–Kier alpha value is -2.79. The number of fused-ring (bicyclic) bond motifs is 2. The molecule has 1 saturated heterocycles. The highest BCUT2D eigenvalue weighted by Crippen LogP contribution is 2.44. The van der Waals surface area contributed by atoms with Gasteiger partial charge in [-0.2, -0.15) is 0 Å². The van der Waals surface area contributed by atoms with Gasteiger partial charge in [0, 0.05) is 35.8 Å². The number of hydrogen-bond donors (Lipinski definition) is 2. The summed E-state index contributed by atoms with van der Waals surface area (Å²) < 4.78 is 5.77. The lowest BCUT2D eigenvalue weighted by Gasteiger charge is -2.47. The first-order valence-electron chi connectivity index (χ1n) is 8.07. The lowest BCUT2D eigenvalue weighted by molar-refractivity contribution is 0.0122. The van der Waals surface area contributed by atoms with Crippen LogP contribution in [0.2, 0.25) is 0 Å². The molecule has 0 radical (unpaired) electrons. The van der Waals surface area contributed by atoms with Crippen molar-refractivity contribution in [2.45, 2.75) is 12.5 Å². The Morgan fingerprint density at radius 2 is 2.21 bits per heavy atom. The Labute approximate surface area is 138 Å². The maximum atomic E-state index is 12.7. The topological polar surface area (TPSA) is 65.6 Å². The number of aliphatic hydroxyl groups is 1. The summed E-state index contributed by atoms with van der Waals surface area (Å²) in [6, 6.07) is 7.64. The number of allylic oxidation sites excluding steroid dienone is 4. The van der Waals surface area contributed by atoms with Gasteiger partial charge >= 0.3 is 5.97 Å². The minimum absolute atomic E-state index is 0.157. The number of esters is 1. The smallest absolute Gasteiger partial charge is 0.345 e. The lowest BCUT2D eigenvalue weighted by atomic mass is 9.82. The third-order valence-corrected chi connectivity index (χ3v) is 5.04. The van der Waals surface area contributed by atoms with E-state index in [0.717, 1.165) is 16.6 Å². The normalized spacial score (nSPS) is 24.5. The van der Waals surface area contributed by atoms with Gasteiger partial charge in [0.1, 0.15) is 5.76 Å². The zero-order valence-corrected chi connectivity index (χ0v) is 12.9. The summed E-state index contributed by atoms with van der Waals surface area (Å²) in [7, 11) is 0. The van der Waals surface area contributed by atoms with Crippen molar-refractivity contribution < 1.29 is 14.6 Å². The lowest BCUT2D eigenvalue weighted by Crippen LogP contribution is -2.49. The molecule has 4 aliphatic rings. The van der Waals surface area contributed by atoms with E-state index in [1.807, 2.05) is 41.3 Å². The summed E-state index contributed by atoms with van der Waals surface area (Å²) in [6.45, 7) is 0.560. The molecule has 0 saturated carbocycles. The number of aromatic amines is 1. The number of nitrogens with one attached hydrogen (secondary N) is 1. The Balaban J connectivity index is 1.53. The molecule has 0 aliphatic carbocycles. The highest BCUT2D eigenvalue weighted by Gasteiger charge is 2.44. The minimum atomic E-state index is -0.511. The second kappa shape index (κ2) is 4.85. The molecule has 0 spiro atoms. The van der Waals surface area contributed by atoms with Crippen LogP contribution in [0, 0.1) is 5.92 Å². The number of nitrogens with zero attached hydrogens (tertiary/aromatic N) is 1. The molecule has 24 heavy (non-hydrogen) atoms. The largest absolute Gasteiger partial charge is 0.425 e. The van der Waals surface area contributed by atoms with E-state index in [2.05, 4.69) is 11.1 Å². The zero-order valence-electron chi connectivity index (χ0n) is 12.9. The monoisotopic (exact) mass is 320 g/mol. The van der Waals surface area contributed by atoms with E-state index in [4.69, 9.17) is 4.74 Å². The Bertz CT molecular complexity index is 950. The third-order valence-electron chi connectivity index (χ3n) is 5.04. The van der Waals surface area contributed by atoms with Crippen LogP contribution in [0.4, 0.5) is 0 Å². The average Bonchev–Trinajstić information content (AvgIpc) is 3.01. The molecule has 6 rings (SSSR count). The first kappa shape index (κ1) is 13.6. The highest BCUT2D eigenvalue weighted by atomic mass is 16.5. The Kier molecular flexibility index (Phi) is 2.76. The summed E-state index contributed by atoms with van der Waals surface area (Å²) in [5.41, 5.74) is 3.48. The van der Waals surface area contributed by atoms with E-state index in [1.54, 1.807) is 6.20 Å². The van der Waals surface area contributed by atoms with Gasteiger partial charge in [0.15, 0.2) is 0 Å². The van der Waals surface area contributed by atoms with E-state index in [-0.39, 0.29) is 11.9 Å². The molecule has 5 heterocycles. The first-order chi connectivity index (χ1) is 11.7. The van der Waals surface area contributed by atoms with Gasteiger partial charge in [-0.15, -0.1) is 0 Å². The van der Waals surface area contributed by atoms with Gasteiger partial charge in [-0.05, 0) is 18.2 Å². The molecule has 1 aromatic carbocycles. The molecule has 5 nitrogen and oxygen atoms in total. The molecule has 2 atom stereocenters. The number of carbonyl (C=O) groups is 1. The fourth-order valence-electron chi connectivity index (χ4n) is 3.85. The molecule has 120 valence electrons. The molecule has 1 fully saturated rings. The maximum Gasteiger partial charge on any atom is 0.345 e. The molecule has 0 amide bonds. The predicted octanol–water partition coefficient (Wildman–Crippen LogP) is 2.69. The number of rotatable bonds is 2. The van der Waals surface area contributed by atoms with Crippen molar-refractivity contribution in [3.63, 3.8) is 0 Å². The van der Waals surface area contributed by atoms with Crippen LogP contribution in [0.15, 0.2) is 65.8 Å². The molecule has 1 aromatic heterocycles. The van der Waals surface area contributed by atoms with E-state index in [0.29, 0.717) is 24.3 Å². The molecule has 2 N–H and O–H groups in total. The summed E-state index contributed by atoms with van der Waals surface area (Å²) in [4.78, 5) is 17.9. The van der Waals surface area contributed by atoms with Crippen molar-refractivity contribution in [3.05, 3.63) is 71.4 Å². The predicted molar refractivity (Wildman–Crippen MR) is 88.8 cm³/mol. The van der Waals surface area contributed by atoms with Crippen LogP contribution in [0.25, 0.3) is 10.9 Å². The second-order valence-electron chi connectivity index (χ2n) is 6.39. The van der Waals surface area contributed by atoms with Gasteiger partial charge in [-0.3, -0.25) is 0 Å². The SMILES string of the molecule is O=C(OC1=C2C=CC=C3CC1C(O)CN32)c1c[nH]c2ccccc12. The van der Waals surface area contributed by atoms with E-state index < -0.39 is 6.10 Å². The fraction of sp³-hybridized carbons (Fsp3) is 0.211. The number of H-pyrrole nitrogens is 1. The third kappa shape index (κ3) is 1.82. The summed E-state index contributed by atoms with van der Waals surface area (Å²) in [5, 5.41) is 11.2. The van der Waals surface area contributed by atoms with Crippen molar-refractivity contribution in [2.75, 3.05) is 6.54 Å². The van der Waals surface area contributed by atoms with Crippen LogP contribution in [0.5, 0.6) is 0 Å². The van der Waals surface area contributed by atoms with Crippen molar-refractivity contribution in [3.8, 4) is 0 Å². The molecule has 2 unspecified atom stereocenters. The van der Waals surface area contributed by atoms with Crippen LogP contribution in [0.1, 0.15) is 16.8 Å². The number of piperidine rings is 1. The molecular weight excluding hydrogens is 304 g/mol. The molecule has 2 aromatic rings. The molecule has 4 bridgehead atoms. The van der Waals surface area contributed by atoms with Gasteiger partial charge < -0.3 is 19.7 Å². The summed E-state index contributed by atoms with van der Waals surface area (Å²) in [5.74, 6) is 0.0351. The van der Waals surface area contributed by atoms with Gasteiger partial charge in [-0.25, -0.2) is 4.79 Å². The first-order valence-corrected chi connectivity index (χ1v) is 8.07. The maximum absolute atomic E-state index is 12.7. The molecular formula is C19H16N2O3. The van der Waals surface area contributed by atoms with Crippen LogP contribution in [0.3, 0.4) is 0 Å². The van der Waals surface area contributed by atoms with Gasteiger partial charge in [0.05, 0.1) is 23.3 Å². The van der Waals surface area contributed by atoms with Crippen LogP contribution >= 0.6 is 0 Å². The van der Waals surface area contributed by atoms with Gasteiger partial charge in [0.25, 0.3) is 0 Å². The molecule has 5 heteroatoms. The standard InChI is InChI=1S/C19H16N2O3/c22-17-10-21-11-4-3-7-16(21)18(13(17)8-11)24-19(23)14-9-20-15-6-2-1-5-12(14)15/h1-7,9,13,17,20,22H,8,10H2. The van der Waals surface area contributed by atoms with Crippen molar-refractivity contribution >= 4 is 16.9 Å². The van der Waals surface area contributed by atoms with Crippen LogP contribution in [-0.2, 0) is 4.74 Å². The Morgan fingerprint density at radius 1 is 1.33 bits per heavy atom. The summed E-state index contributed by atoms with van der Waals surface area (Å²) in [6.07, 6.45) is 7.83. The number of para-hydroxylation sites is 1. The minimum Gasteiger partial charge on any atom is -0.425 e. The van der Waals surface area contributed by atoms with Crippen LogP contribution in [-0.4, -0.2) is 33.6 Å². The quantitative estimate of drug-likeness (QED) is 0.835. The second-order valence-corrected chi connectivity index (χ2v) is 6.39. The van der Waals surface area contributed by atoms with Gasteiger partial charge in [-0.1, -0.05) is 24.3 Å². The van der Waals surface area contributed by atoms with Crippen molar-refractivity contribution in [2.24, 2.45) is 5.92 Å². The fourth-order valence-corrected chi connectivity index (χ4v) is 3.85. The van der Waals surface area contributed by atoms with Crippen molar-refractivity contribution in [1.82, 2.24) is 9.88 Å². The number of carbonyl (C=O) groups excluding carboxylic acids is 1. The number of hydrogen-bond acceptors (Lipinski definition) is 4. The number of aromatic nitrogens is 1. The number of aliphatic hydroxyl groups excluding tert-OH is 1. The number of benzene rings is 1. The van der Waals surface area contributed by atoms with E-state index in [9.17, 15) is 9.90 Å². The van der Waals surface area contributed by atoms with Crippen LogP contribution < -0.4 is 0 Å².